The summed E-state index contributed by atoms with van der Waals surface area (Å²) in [5.41, 5.74) is 0. The van der Waals surface area contributed by atoms with Crippen LogP contribution in [0.3, 0.4) is 0 Å². The molecule has 2 atom stereocenters. The zero-order valence-electron chi connectivity index (χ0n) is 6.08. The average molecular weight is 145 g/mol. The SMILES string of the molecule is OC1CCCNCCC1O. The first-order valence-corrected chi connectivity index (χ1v) is 3.87. The number of aliphatic hydroxyl groups excluding tert-OH is 2. The van der Waals surface area contributed by atoms with E-state index >= 15 is 0 Å². The molecule has 3 N–H and O–H groups in total. The van der Waals surface area contributed by atoms with Crippen LogP contribution in [0, 0.1) is 0 Å². The molecule has 0 aromatic heterocycles. The molecule has 0 saturated carbocycles. The summed E-state index contributed by atoms with van der Waals surface area (Å²) in [6.45, 7) is 1.78. The second kappa shape index (κ2) is 3.91. The normalized spacial score (nSPS) is 36.6. The molecular weight excluding hydrogens is 130 g/mol. The molecule has 0 aromatic rings. The van der Waals surface area contributed by atoms with Crippen LogP contribution >= 0.6 is 0 Å². The first-order chi connectivity index (χ1) is 4.80. The monoisotopic (exact) mass is 145 g/mol. The number of hydrogen-bond donors (Lipinski definition) is 3. The van der Waals surface area contributed by atoms with Gasteiger partial charge in [-0.25, -0.2) is 0 Å². The predicted molar refractivity (Wildman–Crippen MR) is 38.7 cm³/mol. The minimum absolute atomic E-state index is 0.498. The first-order valence-electron chi connectivity index (χ1n) is 3.87. The number of rotatable bonds is 0. The summed E-state index contributed by atoms with van der Waals surface area (Å²) in [4.78, 5) is 0. The summed E-state index contributed by atoms with van der Waals surface area (Å²) in [7, 11) is 0. The van der Waals surface area contributed by atoms with Crippen molar-refractivity contribution in [1.82, 2.24) is 5.32 Å². The van der Waals surface area contributed by atoms with Gasteiger partial charge in [0.05, 0.1) is 12.2 Å². The summed E-state index contributed by atoms with van der Waals surface area (Å²) < 4.78 is 0. The van der Waals surface area contributed by atoms with Gasteiger partial charge in [-0.1, -0.05) is 0 Å². The quantitative estimate of drug-likeness (QED) is 0.430. The van der Waals surface area contributed by atoms with Gasteiger partial charge in [-0.2, -0.15) is 0 Å². The Morgan fingerprint density at radius 2 is 1.70 bits per heavy atom. The molecule has 0 spiro atoms. The Hall–Kier alpha value is -0.120. The lowest BCUT2D eigenvalue weighted by atomic mass is 10.0. The van der Waals surface area contributed by atoms with Crippen molar-refractivity contribution in [3.63, 3.8) is 0 Å². The van der Waals surface area contributed by atoms with Gasteiger partial charge in [0.1, 0.15) is 0 Å². The molecule has 3 heteroatoms. The molecule has 1 saturated heterocycles. The van der Waals surface area contributed by atoms with Gasteiger partial charge >= 0.3 is 0 Å². The molecule has 1 fully saturated rings. The molecule has 60 valence electrons. The van der Waals surface area contributed by atoms with E-state index in [-0.39, 0.29) is 0 Å². The maximum Gasteiger partial charge on any atom is 0.0811 e. The Kier molecular flexibility index (Phi) is 3.12. The fourth-order valence-electron chi connectivity index (χ4n) is 1.20. The molecule has 2 unspecified atom stereocenters. The number of aliphatic hydroxyl groups is 2. The summed E-state index contributed by atoms with van der Waals surface area (Å²) in [6, 6.07) is 0. The molecule has 0 aromatic carbocycles. The second-order valence-electron chi connectivity index (χ2n) is 2.82. The number of hydrogen-bond acceptors (Lipinski definition) is 3. The molecule has 1 aliphatic rings. The highest BCUT2D eigenvalue weighted by atomic mass is 16.3. The van der Waals surface area contributed by atoms with Crippen molar-refractivity contribution in [2.75, 3.05) is 13.1 Å². The molecule has 1 rings (SSSR count). The lowest BCUT2D eigenvalue weighted by molar-refractivity contribution is 0.00540. The van der Waals surface area contributed by atoms with E-state index in [1.165, 1.54) is 0 Å². The predicted octanol–water partition coefficient (Wildman–Crippen LogP) is -0.518. The molecule has 0 radical (unpaired) electrons. The molecular formula is C7H15NO2. The lowest BCUT2D eigenvalue weighted by Crippen LogP contribution is -2.33. The van der Waals surface area contributed by atoms with Gasteiger partial charge in [-0.3, -0.25) is 0 Å². The van der Waals surface area contributed by atoms with Crippen LogP contribution in [0.25, 0.3) is 0 Å². The summed E-state index contributed by atoms with van der Waals surface area (Å²) in [5.74, 6) is 0. The van der Waals surface area contributed by atoms with E-state index in [4.69, 9.17) is 0 Å². The van der Waals surface area contributed by atoms with Gasteiger partial charge in [0.25, 0.3) is 0 Å². The standard InChI is InChI=1S/C7H15NO2/c9-6-2-1-4-8-5-3-7(6)10/h6-10H,1-5H2. The maximum absolute atomic E-state index is 9.20. The third-order valence-electron chi connectivity index (χ3n) is 1.91. The molecule has 0 bridgehead atoms. The Morgan fingerprint density at radius 3 is 2.50 bits per heavy atom. The first kappa shape index (κ1) is 7.98. The van der Waals surface area contributed by atoms with E-state index in [0.29, 0.717) is 12.8 Å². The topological polar surface area (TPSA) is 52.5 Å². The molecule has 1 aliphatic heterocycles. The van der Waals surface area contributed by atoms with Crippen LogP contribution in [-0.4, -0.2) is 35.5 Å². The van der Waals surface area contributed by atoms with Crippen molar-refractivity contribution in [2.45, 2.75) is 31.5 Å². The van der Waals surface area contributed by atoms with Gasteiger partial charge in [0.2, 0.25) is 0 Å². The van der Waals surface area contributed by atoms with Crippen molar-refractivity contribution >= 4 is 0 Å². The minimum Gasteiger partial charge on any atom is -0.390 e. The molecule has 3 nitrogen and oxygen atoms in total. The lowest BCUT2D eigenvalue weighted by Gasteiger charge is -2.20. The highest BCUT2D eigenvalue weighted by Crippen LogP contribution is 2.07. The van der Waals surface area contributed by atoms with Crippen molar-refractivity contribution in [3.05, 3.63) is 0 Å². The smallest absolute Gasteiger partial charge is 0.0811 e. The van der Waals surface area contributed by atoms with E-state index < -0.39 is 12.2 Å². The van der Waals surface area contributed by atoms with E-state index in [0.717, 1.165) is 19.5 Å². The minimum atomic E-state index is -0.521. The summed E-state index contributed by atoms with van der Waals surface area (Å²) in [5, 5.41) is 21.6. The van der Waals surface area contributed by atoms with Crippen LogP contribution in [0.15, 0.2) is 0 Å². The zero-order valence-corrected chi connectivity index (χ0v) is 6.08. The Labute approximate surface area is 61.1 Å². The largest absolute Gasteiger partial charge is 0.390 e. The van der Waals surface area contributed by atoms with Crippen LogP contribution in [0.4, 0.5) is 0 Å². The fraction of sp³-hybridized carbons (Fsp3) is 1.00. The van der Waals surface area contributed by atoms with Gasteiger partial charge < -0.3 is 15.5 Å². The summed E-state index contributed by atoms with van der Waals surface area (Å²) in [6.07, 6.45) is 1.32. The van der Waals surface area contributed by atoms with Crippen molar-refractivity contribution in [2.24, 2.45) is 0 Å². The molecule has 1 heterocycles. The van der Waals surface area contributed by atoms with Gasteiger partial charge in [-0.15, -0.1) is 0 Å². The highest BCUT2D eigenvalue weighted by molar-refractivity contribution is 4.71. The van der Waals surface area contributed by atoms with Crippen LogP contribution < -0.4 is 5.32 Å². The van der Waals surface area contributed by atoms with E-state index in [9.17, 15) is 10.2 Å². The van der Waals surface area contributed by atoms with E-state index in [1.807, 2.05) is 0 Å². The fourth-order valence-corrected chi connectivity index (χ4v) is 1.20. The Balaban J connectivity index is 2.28. The number of nitrogens with one attached hydrogen (secondary N) is 1. The molecule has 0 amide bonds. The summed E-state index contributed by atoms with van der Waals surface area (Å²) >= 11 is 0. The van der Waals surface area contributed by atoms with E-state index in [1.54, 1.807) is 0 Å². The van der Waals surface area contributed by atoms with Crippen molar-refractivity contribution in [3.8, 4) is 0 Å². The van der Waals surface area contributed by atoms with Gasteiger partial charge in [0, 0.05) is 0 Å². The molecule has 0 aliphatic carbocycles. The third kappa shape index (κ3) is 2.25. The van der Waals surface area contributed by atoms with Crippen LogP contribution in [-0.2, 0) is 0 Å². The van der Waals surface area contributed by atoms with Gasteiger partial charge in [-0.05, 0) is 32.4 Å². The van der Waals surface area contributed by atoms with Crippen molar-refractivity contribution in [1.29, 1.82) is 0 Å². The van der Waals surface area contributed by atoms with Crippen LogP contribution in [0.2, 0.25) is 0 Å². The Bertz CT molecular complexity index is 85.6. The Morgan fingerprint density at radius 1 is 1.00 bits per heavy atom. The van der Waals surface area contributed by atoms with Crippen LogP contribution in [0.1, 0.15) is 19.3 Å². The maximum atomic E-state index is 9.20. The molecule has 10 heavy (non-hydrogen) atoms. The van der Waals surface area contributed by atoms with Crippen molar-refractivity contribution < 1.29 is 10.2 Å². The second-order valence-corrected chi connectivity index (χ2v) is 2.82. The third-order valence-corrected chi connectivity index (χ3v) is 1.91. The average Bonchev–Trinajstić information content (AvgIpc) is 1.92. The van der Waals surface area contributed by atoms with Crippen LogP contribution in [0.5, 0.6) is 0 Å². The highest BCUT2D eigenvalue weighted by Gasteiger charge is 2.16. The van der Waals surface area contributed by atoms with Gasteiger partial charge in [0.15, 0.2) is 0 Å². The zero-order chi connectivity index (χ0) is 7.40. The van der Waals surface area contributed by atoms with E-state index in [2.05, 4.69) is 5.32 Å².